The zero-order valence-electron chi connectivity index (χ0n) is 8.58. The first-order valence-corrected chi connectivity index (χ1v) is 4.67. The normalized spacial score (nSPS) is 13.2. The van der Waals surface area contributed by atoms with Gasteiger partial charge in [-0.15, -0.1) is 0 Å². The molecule has 4 heteroatoms. The van der Waals surface area contributed by atoms with Crippen molar-refractivity contribution in [3.8, 4) is 0 Å². The maximum absolute atomic E-state index is 8.75. The van der Waals surface area contributed by atoms with Gasteiger partial charge in [0, 0.05) is 33.5 Å². The average Bonchev–Trinajstić information content (AvgIpc) is 2.13. The maximum Gasteiger partial charge on any atom is 0.0616 e. The quantitative estimate of drug-likeness (QED) is 0.504. The first-order valence-electron chi connectivity index (χ1n) is 4.67. The number of aliphatic hydroxyl groups excluding tert-OH is 1. The minimum absolute atomic E-state index is 0.200. The molecule has 1 atom stereocenters. The number of ether oxygens (including phenoxy) is 2. The van der Waals surface area contributed by atoms with E-state index in [1.807, 2.05) is 0 Å². The molecule has 0 rings (SSSR count). The molecule has 0 amide bonds. The van der Waals surface area contributed by atoms with Crippen LogP contribution in [-0.2, 0) is 9.47 Å². The highest BCUT2D eigenvalue weighted by Crippen LogP contribution is 1.92. The van der Waals surface area contributed by atoms with E-state index in [0.29, 0.717) is 6.61 Å². The second kappa shape index (κ2) is 9.92. The second-order valence-electron chi connectivity index (χ2n) is 2.97. The third-order valence-electron chi connectivity index (χ3n) is 1.80. The largest absolute Gasteiger partial charge is 0.396 e. The van der Waals surface area contributed by atoms with E-state index in [9.17, 15) is 0 Å². The Kier molecular flexibility index (Phi) is 9.80. The van der Waals surface area contributed by atoms with Gasteiger partial charge in [-0.2, -0.15) is 0 Å². The molecule has 0 bridgehead atoms. The van der Waals surface area contributed by atoms with Crippen LogP contribution < -0.4 is 5.32 Å². The number of nitrogens with one attached hydrogen (secondary N) is 1. The Hall–Kier alpha value is -0.160. The number of rotatable bonds is 9. The Labute approximate surface area is 80.2 Å². The van der Waals surface area contributed by atoms with Crippen LogP contribution in [0.15, 0.2) is 0 Å². The van der Waals surface area contributed by atoms with Gasteiger partial charge in [-0.05, 0) is 19.4 Å². The van der Waals surface area contributed by atoms with Gasteiger partial charge >= 0.3 is 0 Å². The zero-order valence-corrected chi connectivity index (χ0v) is 8.58. The Morgan fingerprint density at radius 3 is 2.62 bits per heavy atom. The van der Waals surface area contributed by atoms with E-state index in [1.165, 1.54) is 0 Å². The molecule has 0 saturated heterocycles. The van der Waals surface area contributed by atoms with E-state index in [-0.39, 0.29) is 12.6 Å². The van der Waals surface area contributed by atoms with Crippen LogP contribution in [0.5, 0.6) is 0 Å². The van der Waals surface area contributed by atoms with Crippen molar-refractivity contribution in [2.75, 3.05) is 40.6 Å². The van der Waals surface area contributed by atoms with Crippen molar-refractivity contribution in [1.29, 1.82) is 0 Å². The summed E-state index contributed by atoms with van der Waals surface area (Å²) in [5.74, 6) is 0. The van der Waals surface area contributed by atoms with Gasteiger partial charge in [-0.3, -0.25) is 0 Å². The number of aliphatic hydroxyl groups is 1. The highest BCUT2D eigenvalue weighted by molar-refractivity contribution is 4.64. The third-order valence-corrected chi connectivity index (χ3v) is 1.80. The van der Waals surface area contributed by atoms with Crippen LogP contribution in [-0.4, -0.2) is 51.7 Å². The van der Waals surface area contributed by atoms with Crippen molar-refractivity contribution < 1.29 is 14.6 Å². The SMILES string of the molecule is COCCCNC(CCO)COC. The van der Waals surface area contributed by atoms with Gasteiger partial charge in [-0.25, -0.2) is 0 Å². The first kappa shape index (κ1) is 12.8. The molecule has 4 nitrogen and oxygen atoms in total. The predicted octanol–water partition coefficient (Wildman–Crippen LogP) is 0.00990. The number of hydrogen-bond acceptors (Lipinski definition) is 4. The van der Waals surface area contributed by atoms with E-state index in [1.54, 1.807) is 14.2 Å². The number of hydrogen-bond donors (Lipinski definition) is 2. The molecular weight excluding hydrogens is 170 g/mol. The van der Waals surface area contributed by atoms with Crippen molar-refractivity contribution in [1.82, 2.24) is 5.32 Å². The van der Waals surface area contributed by atoms with E-state index in [4.69, 9.17) is 14.6 Å². The summed E-state index contributed by atoms with van der Waals surface area (Å²) in [5, 5.41) is 12.0. The smallest absolute Gasteiger partial charge is 0.0616 e. The second-order valence-corrected chi connectivity index (χ2v) is 2.97. The van der Waals surface area contributed by atoms with Crippen molar-refractivity contribution in [2.24, 2.45) is 0 Å². The summed E-state index contributed by atoms with van der Waals surface area (Å²) in [4.78, 5) is 0. The molecule has 0 aromatic heterocycles. The molecular formula is C9H21NO3. The molecule has 0 aromatic carbocycles. The van der Waals surface area contributed by atoms with Crippen LogP contribution in [0.2, 0.25) is 0 Å². The van der Waals surface area contributed by atoms with Gasteiger partial charge in [0.1, 0.15) is 0 Å². The van der Waals surface area contributed by atoms with Gasteiger partial charge < -0.3 is 19.9 Å². The van der Waals surface area contributed by atoms with Crippen LogP contribution in [0.3, 0.4) is 0 Å². The molecule has 0 radical (unpaired) electrons. The minimum atomic E-state index is 0.200. The lowest BCUT2D eigenvalue weighted by Gasteiger charge is -2.16. The van der Waals surface area contributed by atoms with Crippen LogP contribution in [0.25, 0.3) is 0 Å². The fourth-order valence-corrected chi connectivity index (χ4v) is 1.12. The lowest BCUT2D eigenvalue weighted by molar-refractivity contribution is 0.144. The maximum atomic E-state index is 8.75. The first-order chi connectivity index (χ1) is 6.35. The summed E-state index contributed by atoms with van der Waals surface area (Å²) in [6, 6.07) is 0.256. The highest BCUT2D eigenvalue weighted by Gasteiger charge is 2.05. The number of methoxy groups -OCH3 is 2. The molecule has 0 saturated carbocycles. The van der Waals surface area contributed by atoms with E-state index < -0.39 is 0 Å². The summed E-state index contributed by atoms with van der Waals surface area (Å²) in [6.07, 6.45) is 1.73. The molecule has 2 N–H and O–H groups in total. The highest BCUT2D eigenvalue weighted by atomic mass is 16.5. The van der Waals surface area contributed by atoms with Crippen molar-refractivity contribution in [3.05, 3.63) is 0 Å². The van der Waals surface area contributed by atoms with Gasteiger partial charge in [0.05, 0.1) is 6.61 Å². The Morgan fingerprint density at radius 2 is 2.08 bits per heavy atom. The molecule has 13 heavy (non-hydrogen) atoms. The molecule has 0 aliphatic carbocycles. The van der Waals surface area contributed by atoms with Crippen LogP contribution in [0.4, 0.5) is 0 Å². The molecule has 0 aliphatic heterocycles. The van der Waals surface area contributed by atoms with Crippen LogP contribution in [0, 0.1) is 0 Å². The monoisotopic (exact) mass is 191 g/mol. The Morgan fingerprint density at radius 1 is 1.31 bits per heavy atom. The van der Waals surface area contributed by atoms with Gasteiger partial charge in [-0.1, -0.05) is 0 Å². The van der Waals surface area contributed by atoms with Gasteiger partial charge in [0.15, 0.2) is 0 Å². The lowest BCUT2D eigenvalue weighted by atomic mass is 10.2. The van der Waals surface area contributed by atoms with Crippen molar-refractivity contribution in [2.45, 2.75) is 18.9 Å². The van der Waals surface area contributed by atoms with Crippen molar-refractivity contribution >= 4 is 0 Å². The van der Waals surface area contributed by atoms with Gasteiger partial charge in [0.25, 0.3) is 0 Å². The summed E-state index contributed by atoms with van der Waals surface area (Å²) in [6.45, 7) is 2.52. The van der Waals surface area contributed by atoms with E-state index >= 15 is 0 Å². The predicted molar refractivity (Wildman–Crippen MR) is 51.9 cm³/mol. The molecule has 0 aromatic rings. The molecule has 1 unspecified atom stereocenters. The third kappa shape index (κ3) is 8.18. The van der Waals surface area contributed by atoms with Crippen LogP contribution in [0.1, 0.15) is 12.8 Å². The molecule has 0 fully saturated rings. The Balaban J connectivity index is 3.33. The van der Waals surface area contributed by atoms with E-state index in [0.717, 1.165) is 26.0 Å². The van der Waals surface area contributed by atoms with Crippen molar-refractivity contribution in [3.63, 3.8) is 0 Å². The minimum Gasteiger partial charge on any atom is -0.396 e. The van der Waals surface area contributed by atoms with E-state index in [2.05, 4.69) is 5.32 Å². The fourth-order valence-electron chi connectivity index (χ4n) is 1.12. The summed E-state index contributed by atoms with van der Waals surface area (Å²) < 4.78 is 9.93. The summed E-state index contributed by atoms with van der Waals surface area (Å²) >= 11 is 0. The molecule has 0 aliphatic rings. The average molecular weight is 191 g/mol. The fraction of sp³-hybridized carbons (Fsp3) is 1.00. The zero-order chi connectivity index (χ0) is 9.94. The summed E-state index contributed by atoms with van der Waals surface area (Å²) in [5.41, 5.74) is 0. The summed E-state index contributed by atoms with van der Waals surface area (Å²) in [7, 11) is 3.36. The molecule has 0 spiro atoms. The molecule has 0 heterocycles. The Bertz CT molecular complexity index is 94.9. The standard InChI is InChI=1S/C9H21NO3/c1-12-7-3-5-10-9(4-6-11)8-13-2/h9-11H,3-8H2,1-2H3. The van der Waals surface area contributed by atoms with Gasteiger partial charge in [0.2, 0.25) is 0 Å². The molecule has 80 valence electrons. The van der Waals surface area contributed by atoms with Crippen LogP contribution >= 0.6 is 0 Å². The lowest BCUT2D eigenvalue weighted by Crippen LogP contribution is -2.35. The topological polar surface area (TPSA) is 50.7 Å².